The molecule has 2 rings (SSSR count). The summed E-state index contributed by atoms with van der Waals surface area (Å²) in [7, 11) is 0. The van der Waals surface area contributed by atoms with Crippen LogP contribution in [0.25, 0.3) is 0 Å². The van der Waals surface area contributed by atoms with Crippen molar-refractivity contribution in [3.8, 4) is 6.07 Å². The number of aryl methyl sites for hydroxylation is 2. The minimum atomic E-state index is -0.132. The summed E-state index contributed by atoms with van der Waals surface area (Å²) in [5.74, 6) is -0.132. The molecule has 1 heterocycles. The lowest BCUT2D eigenvalue weighted by atomic mass is 10.1. The minimum absolute atomic E-state index is 0.132. The normalized spacial score (nSPS) is 17.1. The lowest BCUT2D eigenvalue weighted by Crippen LogP contribution is -2.29. The third-order valence-electron chi connectivity index (χ3n) is 3.18. The monoisotopic (exact) mass is 283 g/mol. The summed E-state index contributed by atoms with van der Waals surface area (Å²) in [4.78, 5) is 4.20. The third kappa shape index (κ3) is 5.28. The molecule has 5 heteroatoms. The first kappa shape index (κ1) is 15.1. The standard InChI is InChI=1S/C16H21N5/c1-14-11-21(13-20-14)9-3-8-18-12-19-16-5-2-4-15(10-17)6-7-16/h2,4-7,11,13,15,18-19H,3,8-9,12H2,1H3. The van der Waals surface area contributed by atoms with Crippen molar-refractivity contribution < 1.29 is 0 Å². The molecule has 0 fully saturated rings. The third-order valence-corrected chi connectivity index (χ3v) is 3.18. The maximum absolute atomic E-state index is 8.86. The molecule has 21 heavy (non-hydrogen) atoms. The van der Waals surface area contributed by atoms with E-state index in [0.717, 1.165) is 30.9 Å². The SMILES string of the molecule is Cc1cn(CCCNCNC2=CC=CC(C#N)C=C2)cn1. The van der Waals surface area contributed by atoms with Crippen LogP contribution >= 0.6 is 0 Å². The van der Waals surface area contributed by atoms with E-state index in [1.165, 1.54) is 0 Å². The molecule has 1 aliphatic carbocycles. The van der Waals surface area contributed by atoms with Crippen molar-refractivity contribution in [3.63, 3.8) is 0 Å². The number of nitriles is 1. The Bertz CT molecular complexity index is 574. The van der Waals surface area contributed by atoms with E-state index in [1.807, 2.05) is 43.6 Å². The highest BCUT2D eigenvalue weighted by Gasteiger charge is 2.00. The Balaban J connectivity index is 1.59. The predicted octanol–water partition coefficient (Wildman–Crippen LogP) is 1.87. The van der Waals surface area contributed by atoms with E-state index in [0.29, 0.717) is 6.67 Å². The summed E-state index contributed by atoms with van der Waals surface area (Å²) in [5, 5.41) is 15.5. The molecule has 1 unspecified atom stereocenters. The number of nitrogens with one attached hydrogen (secondary N) is 2. The molecule has 2 N–H and O–H groups in total. The van der Waals surface area contributed by atoms with Gasteiger partial charge in [-0.1, -0.05) is 18.2 Å². The first-order valence-electron chi connectivity index (χ1n) is 7.17. The van der Waals surface area contributed by atoms with Crippen molar-refractivity contribution in [1.29, 1.82) is 5.26 Å². The van der Waals surface area contributed by atoms with Crippen LogP contribution in [0.1, 0.15) is 12.1 Å². The second kappa shape index (κ2) is 8.08. The van der Waals surface area contributed by atoms with E-state index in [1.54, 1.807) is 0 Å². The molecule has 0 amide bonds. The number of aromatic nitrogens is 2. The Hall–Kier alpha value is -2.32. The number of allylic oxidation sites excluding steroid dienone is 5. The van der Waals surface area contributed by atoms with Crippen molar-refractivity contribution in [1.82, 2.24) is 20.2 Å². The largest absolute Gasteiger partial charge is 0.372 e. The van der Waals surface area contributed by atoms with Crippen molar-refractivity contribution in [3.05, 3.63) is 54.3 Å². The lowest BCUT2D eigenvalue weighted by Gasteiger charge is -2.08. The van der Waals surface area contributed by atoms with Crippen LogP contribution in [0.4, 0.5) is 0 Å². The van der Waals surface area contributed by atoms with Gasteiger partial charge in [-0.15, -0.1) is 0 Å². The first-order valence-corrected chi connectivity index (χ1v) is 7.17. The van der Waals surface area contributed by atoms with Gasteiger partial charge in [-0.3, -0.25) is 0 Å². The molecule has 110 valence electrons. The minimum Gasteiger partial charge on any atom is -0.372 e. The van der Waals surface area contributed by atoms with Gasteiger partial charge in [0, 0.05) is 18.4 Å². The second-order valence-electron chi connectivity index (χ2n) is 4.98. The van der Waals surface area contributed by atoms with E-state index in [9.17, 15) is 0 Å². The summed E-state index contributed by atoms with van der Waals surface area (Å²) in [5.41, 5.74) is 2.07. The quantitative estimate of drug-likeness (QED) is 0.592. The molecule has 0 spiro atoms. The topological polar surface area (TPSA) is 65.7 Å². The van der Waals surface area contributed by atoms with Crippen LogP contribution in [0, 0.1) is 24.2 Å². The summed E-state index contributed by atoms with van der Waals surface area (Å²) in [6, 6.07) is 2.21. The molecule has 5 nitrogen and oxygen atoms in total. The highest BCUT2D eigenvalue weighted by Crippen LogP contribution is 2.07. The maximum atomic E-state index is 8.86. The molecule has 1 aliphatic rings. The number of hydrogen-bond donors (Lipinski definition) is 2. The highest BCUT2D eigenvalue weighted by molar-refractivity contribution is 5.30. The molecule has 0 bridgehead atoms. The van der Waals surface area contributed by atoms with Gasteiger partial charge in [-0.05, 0) is 32.0 Å². The van der Waals surface area contributed by atoms with Crippen molar-refractivity contribution in [2.24, 2.45) is 5.92 Å². The highest BCUT2D eigenvalue weighted by atomic mass is 15.1. The Morgan fingerprint density at radius 2 is 2.33 bits per heavy atom. The van der Waals surface area contributed by atoms with Crippen LogP contribution in [0.15, 0.2) is 48.6 Å². The van der Waals surface area contributed by atoms with E-state index in [2.05, 4.69) is 32.5 Å². The van der Waals surface area contributed by atoms with Crippen LogP contribution in [-0.2, 0) is 6.54 Å². The Morgan fingerprint density at radius 1 is 1.43 bits per heavy atom. The van der Waals surface area contributed by atoms with Crippen LogP contribution in [0.5, 0.6) is 0 Å². The lowest BCUT2D eigenvalue weighted by molar-refractivity contribution is 0.565. The van der Waals surface area contributed by atoms with Crippen molar-refractivity contribution >= 4 is 0 Å². The molecular weight excluding hydrogens is 262 g/mol. The molecule has 1 aromatic rings. The number of rotatable bonds is 7. The van der Waals surface area contributed by atoms with Crippen molar-refractivity contribution in [2.45, 2.75) is 19.9 Å². The van der Waals surface area contributed by atoms with Gasteiger partial charge in [-0.2, -0.15) is 5.26 Å². The van der Waals surface area contributed by atoms with Crippen LogP contribution in [0.3, 0.4) is 0 Å². The smallest absolute Gasteiger partial charge is 0.0949 e. The zero-order valence-corrected chi connectivity index (χ0v) is 12.3. The Labute approximate surface area is 125 Å². The fourth-order valence-corrected chi connectivity index (χ4v) is 2.04. The Morgan fingerprint density at radius 3 is 3.10 bits per heavy atom. The average Bonchev–Trinajstić information content (AvgIpc) is 2.77. The van der Waals surface area contributed by atoms with Gasteiger partial charge < -0.3 is 15.2 Å². The Kier molecular flexibility index (Phi) is 5.80. The number of imidazole rings is 1. The molecule has 1 atom stereocenters. The fraction of sp³-hybridized carbons (Fsp3) is 0.375. The molecular formula is C16H21N5. The van der Waals surface area contributed by atoms with Crippen LogP contribution in [-0.4, -0.2) is 22.8 Å². The van der Waals surface area contributed by atoms with Gasteiger partial charge in [0.1, 0.15) is 0 Å². The second-order valence-corrected chi connectivity index (χ2v) is 4.98. The van der Waals surface area contributed by atoms with Gasteiger partial charge in [0.15, 0.2) is 0 Å². The molecule has 0 saturated carbocycles. The van der Waals surface area contributed by atoms with Gasteiger partial charge in [0.2, 0.25) is 0 Å². The van der Waals surface area contributed by atoms with E-state index in [4.69, 9.17) is 5.26 Å². The van der Waals surface area contributed by atoms with E-state index >= 15 is 0 Å². The first-order chi connectivity index (χ1) is 10.3. The zero-order chi connectivity index (χ0) is 14.9. The summed E-state index contributed by atoms with van der Waals surface area (Å²) in [6.07, 6.45) is 14.6. The van der Waals surface area contributed by atoms with E-state index < -0.39 is 0 Å². The molecule has 0 aliphatic heterocycles. The summed E-state index contributed by atoms with van der Waals surface area (Å²) in [6.45, 7) is 4.63. The van der Waals surface area contributed by atoms with Crippen molar-refractivity contribution in [2.75, 3.05) is 13.2 Å². The van der Waals surface area contributed by atoms with Gasteiger partial charge in [-0.25, -0.2) is 4.98 Å². The van der Waals surface area contributed by atoms with Gasteiger partial charge in [0.25, 0.3) is 0 Å². The van der Waals surface area contributed by atoms with Crippen LogP contribution < -0.4 is 10.6 Å². The predicted molar refractivity (Wildman–Crippen MR) is 83.1 cm³/mol. The van der Waals surface area contributed by atoms with E-state index in [-0.39, 0.29) is 5.92 Å². The summed E-state index contributed by atoms with van der Waals surface area (Å²) >= 11 is 0. The van der Waals surface area contributed by atoms with Crippen LogP contribution in [0.2, 0.25) is 0 Å². The molecule has 0 saturated heterocycles. The van der Waals surface area contributed by atoms with Gasteiger partial charge >= 0.3 is 0 Å². The van der Waals surface area contributed by atoms with Gasteiger partial charge in [0.05, 0.1) is 30.7 Å². The molecule has 0 aromatic carbocycles. The summed E-state index contributed by atoms with van der Waals surface area (Å²) < 4.78 is 2.10. The molecule has 1 aromatic heterocycles. The zero-order valence-electron chi connectivity index (χ0n) is 12.3. The molecule has 0 radical (unpaired) electrons. The fourth-order valence-electron chi connectivity index (χ4n) is 2.04. The average molecular weight is 283 g/mol. The number of hydrogen-bond acceptors (Lipinski definition) is 4. The maximum Gasteiger partial charge on any atom is 0.0949 e. The number of nitrogens with zero attached hydrogens (tertiary/aromatic N) is 3.